The maximum atomic E-state index is 10.4. The number of hydrogen-bond donors (Lipinski definition) is 0. The number of rotatable bonds is 7. The molecule has 2 aliphatic rings. The summed E-state index contributed by atoms with van der Waals surface area (Å²) in [5, 5.41) is 0.885. The molecule has 5 unspecified atom stereocenters. The summed E-state index contributed by atoms with van der Waals surface area (Å²) < 4.78 is 48.7. The van der Waals surface area contributed by atoms with E-state index in [2.05, 4.69) is 13.8 Å². The summed E-state index contributed by atoms with van der Waals surface area (Å²) in [4.78, 5) is 0. The molecule has 0 radical (unpaired) electrons. The Morgan fingerprint density at radius 2 is 1.95 bits per heavy atom. The van der Waals surface area contributed by atoms with Crippen molar-refractivity contribution < 1.29 is 27.2 Å². The van der Waals surface area contributed by atoms with Crippen LogP contribution in [0.1, 0.15) is 26.7 Å². The molecule has 8 heteroatoms. The molecule has 0 amide bonds. The van der Waals surface area contributed by atoms with Crippen LogP contribution in [0.5, 0.6) is 0 Å². The van der Waals surface area contributed by atoms with E-state index in [0.717, 1.165) is 0 Å². The summed E-state index contributed by atoms with van der Waals surface area (Å²) in [6.07, 6.45) is 1.12. The highest BCUT2D eigenvalue weighted by Gasteiger charge is 2.45. The maximum absolute atomic E-state index is 10.4. The van der Waals surface area contributed by atoms with Gasteiger partial charge in [-0.1, -0.05) is 13.8 Å². The molecule has 6 nitrogen and oxygen atoms in total. The Morgan fingerprint density at radius 3 is 2.67 bits per heavy atom. The van der Waals surface area contributed by atoms with Crippen LogP contribution in [0.15, 0.2) is 0 Å². The summed E-state index contributed by atoms with van der Waals surface area (Å²) in [7, 11) is -4.11. The summed E-state index contributed by atoms with van der Waals surface area (Å²) in [6, 6.07) is 0. The quantitative estimate of drug-likeness (QED) is 0.505. The van der Waals surface area contributed by atoms with Gasteiger partial charge in [0.1, 0.15) is 6.10 Å². The second-order valence-electron chi connectivity index (χ2n) is 5.61. The number of thioether (sulfide) groups is 1. The maximum Gasteiger partial charge on any atom is 0.105 e. The number of fused-ring (bicyclic) bond motifs is 1. The molecule has 2 aliphatic heterocycles. The first-order valence-corrected chi connectivity index (χ1v) is 9.82. The lowest BCUT2D eigenvalue weighted by Gasteiger charge is -2.34. The summed E-state index contributed by atoms with van der Waals surface area (Å²) >= 11 is 1.89. The lowest BCUT2D eigenvalue weighted by molar-refractivity contribution is -0.187. The van der Waals surface area contributed by atoms with Gasteiger partial charge >= 0.3 is 0 Å². The van der Waals surface area contributed by atoms with Crippen molar-refractivity contribution >= 4 is 21.9 Å². The largest absolute Gasteiger partial charge is 0.748 e. The number of ether oxygens (including phenoxy) is 3. The predicted molar refractivity (Wildman–Crippen MR) is 79.5 cm³/mol. The fourth-order valence-corrected chi connectivity index (χ4v) is 4.71. The summed E-state index contributed by atoms with van der Waals surface area (Å²) in [5.41, 5.74) is 0. The first-order valence-electron chi connectivity index (χ1n) is 7.30. The highest BCUT2D eigenvalue weighted by molar-refractivity contribution is 8.00. The lowest BCUT2D eigenvalue weighted by Crippen LogP contribution is -2.47. The first-order chi connectivity index (χ1) is 9.87. The molecule has 21 heavy (non-hydrogen) atoms. The van der Waals surface area contributed by atoms with Crippen LogP contribution in [0.25, 0.3) is 0 Å². The average molecular weight is 339 g/mol. The molecule has 0 aliphatic carbocycles. The summed E-state index contributed by atoms with van der Waals surface area (Å²) in [6.45, 7) is 5.73. The molecule has 0 aromatic carbocycles. The van der Waals surface area contributed by atoms with E-state index in [1.807, 2.05) is 11.8 Å². The minimum absolute atomic E-state index is 0.0668. The van der Waals surface area contributed by atoms with Crippen molar-refractivity contribution in [2.45, 2.75) is 55.5 Å². The van der Waals surface area contributed by atoms with Crippen LogP contribution < -0.4 is 0 Å². The minimum Gasteiger partial charge on any atom is -0.748 e. The number of unbranched alkanes of at least 4 members (excludes halogenated alkanes) is 1. The third kappa shape index (κ3) is 5.37. The fraction of sp³-hybridized carbons (Fsp3) is 1.00. The lowest BCUT2D eigenvalue weighted by atomic mass is 10.1. The van der Waals surface area contributed by atoms with Crippen molar-refractivity contribution in [2.24, 2.45) is 0 Å². The van der Waals surface area contributed by atoms with Gasteiger partial charge in [-0.15, -0.1) is 0 Å². The standard InChI is InChI=1S/C13H24O6S2/c1-9-12-13(10(2)20-9)19-11(8-18-12)7-17-5-3-4-6-21(14,15)16/h9-13H,3-8H2,1-2H3,(H,14,15,16)/p-1. The topological polar surface area (TPSA) is 84.9 Å². The Balaban J connectivity index is 1.60. The predicted octanol–water partition coefficient (Wildman–Crippen LogP) is 1.00. The molecule has 2 heterocycles. The van der Waals surface area contributed by atoms with Crippen molar-refractivity contribution in [3.63, 3.8) is 0 Å². The van der Waals surface area contributed by atoms with Crippen LogP contribution >= 0.6 is 11.8 Å². The van der Waals surface area contributed by atoms with Gasteiger partial charge in [0, 0.05) is 22.9 Å². The van der Waals surface area contributed by atoms with Crippen molar-refractivity contribution in [2.75, 3.05) is 25.6 Å². The zero-order chi connectivity index (χ0) is 15.5. The molecule has 0 aromatic heterocycles. The van der Waals surface area contributed by atoms with Gasteiger partial charge in [0.05, 0.1) is 35.5 Å². The Labute approximate surface area is 130 Å². The molecule has 0 aromatic rings. The number of hydrogen-bond acceptors (Lipinski definition) is 7. The van der Waals surface area contributed by atoms with E-state index < -0.39 is 10.1 Å². The molecule has 2 fully saturated rings. The molecule has 0 spiro atoms. The molecule has 2 saturated heterocycles. The third-order valence-electron chi connectivity index (χ3n) is 3.74. The molecule has 5 atom stereocenters. The van der Waals surface area contributed by atoms with E-state index in [9.17, 15) is 13.0 Å². The zero-order valence-corrected chi connectivity index (χ0v) is 14.0. The minimum atomic E-state index is -4.11. The van der Waals surface area contributed by atoms with Gasteiger partial charge in [0.2, 0.25) is 0 Å². The highest BCUT2D eigenvalue weighted by atomic mass is 32.2. The van der Waals surface area contributed by atoms with Crippen LogP contribution in [0.2, 0.25) is 0 Å². The second-order valence-corrected chi connectivity index (χ2v) is 8.89. The second kappa shape index (κ2) is 7.61. The van der Waals surface area contributed by atoms with E-state index in [1.165, 1.54) is 0 Å². The Morgan fingerprint density at radius 1 is 1.24 bits per heavy atom. The molecule has 2 rings (SSSR count). The van der Waals surface area contributed by atoms with Gasteiger partial charge in [0.15, 0.2) is 0 Å². The van der Waals surface area contributed by atoms with E-state index in [0.29, 0.717) is 43.2 Å². The van der Waals surface area contributed by atoms with Crippen molar-refractivity contribution in [1.82, 2.24) is 0 Å². The van der Waals surface area contributed by atoms with E-state index in [-0.39, 0.29) is 24.1 Å². The normalized spacial score (nSPS) is 36.6. The SMILES string of the molecule is CC1SC(C)C2OC(COCCCCS(=O)(=O)[O-])COC12. The van der Waals surface area contributed by atoms with Gasteiger partial charge in [-0.25, -0.2) is 8.42 Å². The van der Waals surface area contributed by atoms with Gasteiger partial charge < -0.3 is 18.8 Å². The van der Waals surface area contributed by atoms with Gasteiger partial charge in [-0.3, -0.25) is 0 Å². The van der Waals surface area contributed by atoms with Crippen LogP contribution in [-0.2, 0) is 24.3 Å². The van der Waals surface area contributed by atoms with E-state index in [1.54, 1.807) is 0 Å². The van der Waals surface area contributed by atoms with Crippen LogP contribution in [-0.4, -0.2) is 67.4 Å². The molecule has 0 saturated carbocycles. The third-order valence-corrected chi connectivity index (χ3v) is 5.92. The van der Waals surface area contributed by atoms with Gasteiger partial charge in [-0.2, -0.15) is 11.8 Å². The Kier molecular flexibility index (Phi) is 6.34. The smallest absolute Gasteiger partial charge is 0.105 e. The van der Waals surface area contributed by atoms with E-state index >= 15 is 0 Å². The first kappa shape index (κ1) is 17.5. The summed E-state index contributed by atoms with van der Waals surface area (Å²) in [5.74, 6) is -0.324. The van der Waals surface area contributed by atoms with E-state index in [4.69, 9.17) is 14.2 Å². The molecule has 0 N–H and O–H groups in total. The monoisotopic (exact) mass is 339 g/mol. The van der Waals surface area contributed by atoms with Crippen molar-refractivity contribution in [3.05, 3.63) is 0 Å². The average Bonchev–Trinajstić information content (AvgIpc) is 2.68. The van der Waals surface area contributed by atoms with Crippen LogP contribution in [0, 0.1) is 0 Å². The van der Waals surface area contributed by atoms with Gasteiger partial charge in [0.25, 0.3) is 0 Å². The molecule has 124 valence electrons. The molecular formula is C13H23O6S2-. The van der Waals surface area contributed by atoms with Gasteiger partial charge in [-0.05, 0) is 12.8 Å². The molecule has 0 bridgehead atoms. The highest BCUT2D eigenvalue weighted by Crippen LogP contribution is 2.39. The fourth-order valence-electron chi connectivity index (χ4n) is 2.71. The van der Waals surface area contributed by atoms with Crippen molar-refractivity contribution in [1.29, 1.82) is 0 Å². The van der Waals surface area contributed by atoms with Crippen molar-refractivity contribution in [3.8, 4) is 0 Å². The zero-order valence-electron chi connectivity index (χ0n) is 12.4. The molecular weight excluding hydrogens is 316 g/mol. The Hall–Kier alpha value is 0.140. The van der Waals surface area contributed by atoms with Crippen LogP contribution in [0.4, 0.5) is 0 Å². The Bertz CT molecular complexity index is 426. The van der Waals surface area contributed by atoms with Crippen LogP contribution in [0.3, 0.4) is 0 Å².